The summed E-state index contributed by atoms with van der Waals surface area (Å²) in [4.78, 5) is 2.17. The second-order valence-corrected chi connectivity index (χ2v) is 8.55. The summed E-state index contributed by atoms with van der Waals surface area (Å²) in [6.45, 7) is 2.15. The van der Waals surface area contributed by atoms with Gasteiger partial charge in [0.25, 0.3) is 0 Å². The molecule has 1 heterocycles. The zero-order valence-electron chi connectivity index (χ0n) is 21.0. The average Bonchev–Trinajstić information content (AvgIpc) is 3.23. The molecule has 0 saturated carbocycles. The maximum atomic E-state index is 11.0. The number of aryl methyl sites for hydroxylation is 1. The average molecular weight is 488 g/mol. The molecule has 7 nitrogen and oxygen atoms in total. The molecule has 7 heteroatoms. The summed E-state index contributed by atoms with van der Waals surface area (Å²) < 4.78 is 18.8. The van der Waals surface area contributed by atoms with Crippen LogP contribution in [-0.4, -0.2) is 53.7 Å². The standard InChI is InChI=1S/C29H33N3O4/c1-31-29(36-25-16-14-24(35-3)15-17-25)26(28(30-31)23-12-8-5-9-13-23)20-32(18-19-34-2)21-27(33)22-10-6-4-7-11-22/h4-17,27,33H,18-21H2,1-3H3. The van der Waals surface area contributed by atoms with Gasteiger partial charge >= 0.3 is 0 Å². The summed E-state index contributed by atoms with van der Waals surface area (Å²) in [7, 11) is 5.20. The van der Waals surface area contributed by atoms with Gasteiger partial charge in [-0.3, -0.25) is 4.90 Å². The van der Waals surface area contributed by atoms with Crippen LogP contribution in [0.5, 0.6) is 17.4 Å². The Morgan fingerprint density at radius 2 is 1.53 bits per heavy atom. The molecular weight excluding hydrogens is 454 g/mol. The molecule has 4 aromatic rings. The molecule has 0 bridgehead atoms. The summed E-state index contributed by atoms with van der Waals surface area (Å²) >= 11 is 0. The van der Waals surface area contributed by atoms with Crippen LogP contribution in [0.3, 0.4) is 0 Å². The monoisotopic (exact) mass is 487 g/mol. The lowest BCUT2D eigenvalue weighted by Gasteiger charge is -2.25. The first-order chi connectivity index (χ1) is 17.6. The van der Waals surface area contributed by atoms with Crippen LogP contribution in [0.4, 0.5) is 0 Å². The number of hydrogen-bond acceptors (Lipinski definition) is 6. The van der Waals surface area contributed by atoms with Gasteiger partial charge in [0, 0.05) is 39.4 Å². The van der Waals surface area contributed by atoms with Gasteiger partial charge in [0.2, 0.25) is 5.88 Å². The molecule has 1 atom stereocenters. The smallest absolute Gasteiger partial charge is 0.222 e. The fourth-order valence-corrected chi connectivity index (χ4v) is 4.11. The van der Waals surface area contributed by atoms with Crippen LogP contribution in [0.2, 0.25) is 0 Å². The Kier molecular flexibility index (Phi) is 8.73. The van der Waals surface area contributed by atoms with Crippen molar-refractivity contribution in [2.75, 3.05) is 33.9 Å². The van der Waals surface area contributed by atoms with E-state index in [1.807, 2.05) is 92.0 Å². The Hall–Kier alpha value is -3.65. The number of aliphatic hydroxyl groups excluding tert-OH is 1. The lowest BCUT2D eigenvalue weighted by Crippen LogP contribution is -2.31. The van der Waals surface area contributed by atoms with Gasteiger partial charge in [-0.05, 0) is 29.8 Å². The van der Waals surface area contributed by atoms with Crippen LogP contribution < -0.4 is 9.47 Å². The molecule has 0 fully saturated rings. The molecule has 0 spiro atoms. The van der Waals surface area contributed by atoms with Crippen molar-refractivity contribution in [1.82, 2.24) is 14.7 Å². The first kappa shape index (κ1) is 25.4. The fourth-order valence-electron chi connectivity index (χ4n) is 4.11. The minimum atomic E-state index is -0.633. The molecule has 0 aliphatic rings. The van der Waals surface area contributed by atoms with Crippen LogP contribution >= 0.6 is 0 Å². The van der Waals surface area contributed by atoms with Crippen molar-refractivity contribution in [3.8, 4) is 28.6 Å². The molecule has 36 heavy (non-hydrogen) atoms. The molecule has 0 amide bonds. The number of ether oxygens (including phenoxy) is 3. The zero-order chi connectivity index (χ0) is 25.3. The minimum absolute atomic E-state index is 0.443. The van der Waals surface area contributed by atoms with Crippen LogP contribution in [0, 0.1) is 0 Å². The Morgan fingerprint density at radius 1 is 0.889 bits per heavy atom. The van der Waals surface area contributed by atoms with Crippen molar-refractivity contribution < 1.29 is 19.3 Å². The first-order valence-electron chi connectivity index (χ1n) is 12.0. The highest BCUT2D eigenvalue weighted by Gasteiger charge is 2.23. The molecule has 4 rings (SSSR count). The van der Waals surface area contributed by atoms with E-state index in [4.69, 9.17) is 19.3 Å². The van der Waals surface area contributed by atoms with Crippen LogP contribution in [-0.2, 0) is 18.3 Å². The Balaban J connectivity index is 1.68. The highest BCUT2D eigenvalue weighted by Crippen LogP contribution is 2.35. The van der Waals surface area contributed by atoms with Crippen molar-refractivity contribution in [3.63, 3.8) is 0 Å². The minimum Gasteiger partial charge on any atom is -0.497 e. The van der Waals surface area contributed by atoms with E-state index in [9.17, 15) is 5.11 Å². The van der Waals surface area contributed by atoms with Crippen LogP contribution in [0.1, 0.15) is 17.2 Å². The topological polar surface area (TPSA) is 69.0 Å². The molecular formula is C29H33N3O4. The number of benzene rings is 3. The van der Waals surface area contributed by atoms with E-state index < -0.39 is 6.10 Å². The van der Waals surface area contributed by atoms with E-state index in [-0.39, 0.29) is 0 Å². The summed E-state index contributed by atoms with van der Waals surface area (Å²) in [5, 5.41) is 15.8. The summed E-state index contributed by atoms with van der Waals surface area (Å²) in [5.41, 5.74) is 3.67. The van der Waals surface area contributed by atoms with E-state index in [2.05, 4.69) is 4.90 Å². The van der Waals surface area contributed by atoms with E-state index in [0.717, 1.165) is 28.1 Å². The molecule has 0 saturated heterocycles. The van der Waals surface area contributed by atoms with E-state index >= 15 is 0 Å². The third-order valence-corrected chi connectivity index (χ3v) is 6.02. The zero-order valence-corrected chi connectivity index (χ0v) is 21.0. The van der Waals surface area contributed by atoms with Gasteiger partial charge in [-0.15, -0.1) is 0 Å². The number of hydrogen-bond donors (Lipinski definition) is 1. The van der Waals surface area contributed by atoms with Gasteiger partial charge in [-0.25, -0.2) is 4.68 Å². The molecule has 0 aliphatic carbocycles. The van der Waals surface area contributed by atoms with E-state index in [1.165, 1.54) is 0 Å². The third kappa shape index (κ3) is 6.31. The lowest BCUT2D eigenvalue weighted by molar-refractivity contribution is 0.0846. The SMILES string of the molecule is COCCN(Cc1c(-c2ccccc2)nn(C)c1Oc1ccc(OC)cc1)CC(O)c1ccccc1. The van der Waals surface area contributed by atoms with E-state index in [1.54, 1.807) is 18.9 Å². The van der Waals surface area contributed by atoms with Gasteiger partial charge < -0.3 is 19.3 Å². The Labute approximate surface area is 212 Å². The number of methoxy groups -OCH3 is 2. The Morgan fingerprint density at radius 3 is 2.17 bits per heavy atom. The molecule has 1 unspecified atom stereocenters. The molecule has 1 aromatic heterocycles. The van der Waals surface area contributed by atoms with Crippen molar-refractivity contribution in [3.05, 3.63) is 96.1 Å². The number of rotatable bonds is 12. The number of aliphatic hydroxyl groups is 1. The molecule has 188 valence electrons. The van der Waals surface area contributed by atoms with Crippen molar-refractivity contribution in [2.24, 2.45) is 7.05 Å². The van der Waals surface area contributed by atoms with Gasteiger partial charge in [0.05, 0.1) is 25.4 Å². The van der Waals surface area contributed by atoms with Gasteiger partial charge in [-0.2, -0.15) is 5.10 Å². The van der Waals surface area contributed by atoms with Gasteiger partial charge in [0.15, 0.2) is 0 Å². The van der Waals surface area contributed by atoms with E-state index in [0.29, 0.717) is 37.9 Å². The maximum Gasteiger partial charge on any atom is 0.222 e. The second kappa shape index (κ2) is 12.4. The molecule has 1 N–H and O–H groups in total. The van der Waals surface area contributed by atoms with Crippen molar-refractivity contribution in [2.45, 2.75) is 12.6 Å². The fraction of sp³-hybridized carbons (Fsp3) is 0.276. The largest absolute Gasteiger partial charge is 0.497 e. The second-order valence-electron chi connectivity index (χ2n) is 8.55. The maximum absolute atomic E-state index is 11.0. The van der Waals surface area contributed by atoms with Crippen LogP contribution in [0.15, 0.2) is 84.9 Å². The van der Waals surface area contributed by atoms with Gasteiger partial charge in [0.1, 0.15) is 17.2 Å². The van der Waals surface area contributed by atoms with Gasteiger partial charge in [-0.1, -0.05) is 60.7 Å². The molecule has 3 aromatic carbocycles. The summed E-state index contributed by atoms with van der Waals surface area (Å²) in [6, 6.07) is 27.3. The van der Waals surface area contributed by atoms with Crippen molar-refractivity contribution in [1.29, 1.82) is 0 Å². The first-order valence-corrected chi connectivity index (χ1v) is 12.0. The third-order valence-electron chi connectivity index (χ3n) is 6.02. The van der Waals surface area contributed by atoms with Crippen LogP contribution in [0.25, 0.3) is 11.3 Å². The van der Waals surface area contributed by atoms with Crippen molar-refractivity contribution >= 4 is 0 Å². The molecule has 0 aliphatic heterocycles. The summed E-state index contributed by atoms with van der Waals surface area (Å²) in [5.74, 6) is 2.10. The predicted octanol–water partition coefficient (Wildman–Crippen LogP) is 5.07. The predicted molar refractivity (Wildman–Crippen MR) is 140 cm³/mol. The highest BCUT2D eigenvalue weighted by atomic mass is 16.5. The number of nitrogens with zero attached hydrogens (tertiary/aromatic N) is 3. The number of aromatic nitrogens is 2. The quantitative estimate of drug-likeness (QED) is 0.301. The summed E-state index contributed by atoms with van der Waals surface area (Å²) in [6.07, 6.45) is -0.633. The Bertz CT molecular complexity index is 1210. The normalized spacial score (nSPS) is 12.0. The lowest BCUT2D eigenvalue weighted by atomic mass is 10.1. The highest BCUT2D eigenvalue weighted by molar-refractivity contribution is 5.65. The molecule has 0 radical (unpaired) electrons.